The molecule has 3 nitrogen and oxygen atoms in total. The molecule has 0 N–H and O–H groups in total. The van der Waals surface area contributed by atoms with Gasteiger partial charge in [-0.25, -0.2) is 0 Å². The van der Waals surface area contributed by atoms with Crippen LogP contribution in [0.25, 0.3) is 0 Å². The van der Waals surface area contributed by atoms with Gasteiger partial charge in [-0.2, -0.15) is 4.91 Å². The van der Waals surface area contributed by atoms with Crippen LogP contribution >= 0.6 is 0 Å². The van der Waals surface area contributed by atoms with Crippen molar-refractivity contribution in [2.45, 2.75) is 27.2 Å². The van der Waals surface area contributed by atoms with E-state index in [1.807, 2.05) is 19.9 Å². The summed E-state index contributed by atoms with van der Waals surface area (Å²) in [5.41, 5.74) is 1.72. The van der Waals surface area contributed by atoms with Crippen molar-refractivity contribution in [3.8, 4) is 0 Å². The van der Waals surface area contributed by atoms with Crippen LogP contribution in [0.15, 0.2) is 21.9 Å². The lowest BCUT2D eigenvalue weighted by atomic mass is 10.3. The molecule has 0 radical (unpaired) electrons. The normalized spacial score (nSPS) is 13.4. The Bertz CT molecular complexity index is 183. The largest absolute Gasteiger partial charge is 0.261 e. The van der Waals surface area contributed by atoms with Gasteiger partial charge in [0.1, 0.15) is 6.54 Å². The summed E-state index contributed by atoms with van der Waals surface area (Å²) >= 11 is 0. The van der Waals surface area contributed by atoms with Crippen molar-refractivity contribution in [3.05, 3.63) is 16.7 Å². The van der Waals surface area contributed by atoms with Gasteiger partial charge >= 0.3 is 0 Å². The van der Waals surface area contributed by atoms with Gasteiger partial charge in [0, 0.05) is 11.4 Å². The molecular weight excluding hydrogens is 140 g/mol. The van der Waals surface area contributed by atoms with Crippen molar-refractivity contribution < 1.29 is 0 Å². The van der Waals surface area contributed by atoms with Crippen LogP contribution in [0, 0.1) is 4.91 Å². The fraction of sp³-hybridized carbons (Fsp3) is 0.625. The number of rotatable bonds is 4. The van der Waals surface area contributed by atoms with Gasteiger partial charge in [0.25, 0.3) is 0 Å². The quantitative estimate of drug-likeness (QED) is 0.453. The first kappa shape index (κ1) is 10.0. The van der Waals surface area contributed by atoms with E-state index in [-0.39, 0.29) is 6.54 Å². The van der Waals surface area contributed by atoms with Crippen LogP contribution in [0.4, 0.5) is 0 Å². The van der Waals surface area contributed by atoms with Crippen molar-refractivity contribution in [3.63, 3.8) is 0 Å². The summed E-state index contributed by atoms with van der Waals surface area (Å²) in [5, 5.41) is 2.74. The molecule has 0 fully saturated rings. The topological polar surface area (TPSA) is 41.8 Å². The van der Waals surface area contributed by atoms with E-state index in [1.165, 1.54) is 0 Å². The summed E-state index contributed by atoms with van der Waals surface area (Å²) in [7, 11) is 0. The first-order valence-electron chi connectivity index (χ1n) is 3.70. The highest BCUT2D eigenvalue weighted by Gasteiger charge is 1.89. The Balaban J connectivity index is 4.06. The van der Waals surface area contributed by atoms with Gasteiger partial charge in [0.15, 0.2) is 0 Å². The second-order valence-electron chi connectivity index (χ2n) is 2.39. The highest BCUT2D eigenvalue weighted by Crippen LogP contribution is 1.97. The van der Waals surface area contributed by atoms with Crippen LogP contribution in [0.5, 0.6) is 0 Å². The number of aliphatic imine (C=N–C) groups is 1. The van der Waals surface area contributed by atoms with Gasteiger partial charge < -0.3 is 0 Å². The van der Waals surface area contributed by atoms with Gasteiger partial charge in [0.2, 0.25) is 0 Å². The maximum Gasteiger partial charge on any atom is 0.119 e. The molecule has 0 saturated carbocycles. The molecular formula is C8H14N2O. The Morgan fingerprint density at radius 1 is 1.45 bits per heavy atom. The summed E-state index contributed by atoms with van der Waals surface area (Å²) in [6.45, 7) is 5.95. The van der Waals surface area contributed by atoms with Gasteiger partial charge in [-0.15, -0.1) is 0 Å². The number of hydrogen-bond donors (Lipinski definition) is 0. The van der Waals surface area contributed by atoms with Crippen molar-refractivity contribution in [2.75, 3.05) is 6.54 Å². The van der Waals surface area contributed by atoms with Crippen LogP contribution < -0.4 is 0 Å². The summed E-state index contributed by atoms with van der Waals surface area (Å²) in [6, 6.07) is 0. The zero-order chi connectivity index (χ0) is 8.69. The Hall–Kier alpha value is -0.990. The summed E-state index contributed by atoms with van der Waals surface area (Å²) < 4.78 is 0. The molecule has 0 unspecified atom stereocenters. The first-order valence-corrected chi connectivity index (χ1v) is 3.70. The molecule has 0 aliphatic rings. The minimum atomic E-state index is 0.189. The third-order valence-corrected chi connectivity index (χ3v) is 1.16. The maximum absolute atomic E-state index is 9.80. The highest BCUT2D eigenvalue weighted by atomic mass is 16.3. The van der Waals surface area contributed by atoms with Crippen LogP contribution in [-0.2, 0) is 0 Å². The minimum absolute atomic E-state index is 0.189. The molecule has 0 aromatic carbocycles. The molecule has 0 spiro atoms. The molecule has 0 heterocycles. The van der Waals surface area contributed by atoms with E-state index in [4.69, 9.17) is 0 Å². The molecule has 62 valence electrons. The average molecular weight is 154 g/mol. The molecule has 0 aliphatic heterocycles. The molecule has 0 amide bonds. The monoisotopic (exact) mass is 154 g/mol. The van der Waals surface area contributed by atoms with E-state index in [1.54, 1.807) is 6.92 Å². The van der Waals surface area contributed by atoms with Crippen molar-refractivity contribution in [1.29, 1.82) is 0 Å². The van der Waals surface area contributed by atoms with Crippen LogP contribution in [-0.4, -0.2) is 12.3 Å². The SMILES string of the molecule is CC/C=C(/C)N=C(C)CN=O. The van der Waals surface area contributed by atoms with Crippen molar-refractivity contribution in [2.24, 2.45) is 10.2 Å². The predicted molar refractivity (Wildman–Crippen MR) is 47.8 cm³/mol. The first-order chi connectivity index (χ1) is 5.20. The van der Waals surface area contributed by atoms with E-state index in [0.717, 1.165) is 17.8 Å². The second-order valence-corrected chi connectivity index (χ2v) is 2.39. The molecule has 0 bridgehead atoms. The smallest absolute Gasteiger partial charge is 0.119 e. The van der Waals surface area contributed by atoms with E-state index in [2.05, 4.69) is 10.2 Å². The lowest BCUT2D eigenvalue weighted by Crippen LogP contribution is -1.95. The molecule has 0 saturated heterocycles. The Labute approximate surface area is 67.2 Å². The summed E-state index contributed by atoms with van der Waals surface area (Å²) in [4.78, 5) is 13.9. The standard InChI is InChI=1S/C8H14N2O/c1-4-5-7(2)10-8(3)6-9-11/h5H,4,6H2,1-3H3/b7-5-,10-8?. The van der Waals surface area contributed by atoms with E-state index < -0.39 is 0 Å². The molecule has 0 aliphatic carbocycles. The van der Waals surface area contributed by atoms with E-state index >= 15 is 0 Å². The minimum Gasteiger partial charge on any atom is -0.261 e. The molecule has 0 atom stereocenters. The summed E-state index contributed by atoms with van der Waals surface area (Å²) in [6.07, 6.45) is 2.98. The Morgan fingerprint density at radius 2 is 2.09 bits per heavy atom. The van der Waals surface area contributed by atoms with Crippen molar-refractivity contribution >= 4 is 5.71 Å². The van der Waals surface area contributed by atoms with Crippen molar-refractivity contribution in [1.82, 2.24) is 0 Å². The maximum atomic E-state index is 9.80. The van der Waals surface area contributed by atoms with E-state index in [9.17, 15) is 4.91 Å². The number of hydrogen-bond acceptors (Lipinski definition) is 3. The molecule has 3 heteroatoms. The van der Waals surface area contributed by atoms with Crippen LogP contribution in [0.3, 0.4) is 0 Å². The lowest BCUT2D eigenvalue weighted by Gasteiger charge is -1.93. The fourth-order valence-corrected chi connectivity index (χ4v) is 0.771. The lowest BCUT2D eigenvalue weighted by molar-refractivity contribution is 1.14. The zero-order valence-corrected chi connectivity index (χ0v) is 7.29. The predicted octanol–water partition coefficient (Wildman–Crippen LogP) is 2.53. The van der Waals surface area contributed by atoms with Gasteiger partial charge in [-0.3, -0.25) is 4.99 Å². The Kier molecular flexibility index (Phi) is 5.25. The third-order valence-electron chi connectivity index (χ3n) is 1.16. The van der Waals surface area contributed by atoms with Crippen LogP contribution in [0.2, 0.25) is 0 Å². The van der Waals surface area contributed by atoms with Gasteiger partial charge in [-0.1, -0.05) is 18.2 Å². The molecule has 0 aromatic heterocycles. The average Bonchev–Trinajstić information content (AvgIpc) is 1.87. The fourth-order valence-electron chi connectivity index (χ4n) is 0.771. The number of nitrogens with zero attached hydrogens (tertiary/aromatic N) is 2. The number of allylic oxidation sites excluding steroid dienone is 2. The zero-order valence-electron chi connectivity index (χ0n) is 7.29. The molecule has 0 aromatic rings. The summed E-state index contributed by atoms with van der Waals surface area (Å²) in [5.74, 6) is 0. The third kappa shape index (κ3) is 5.45. The van der Waals surface area contributed by atoms with Gasteiger partial charge in [0.05, 0.1) is 0 Å². The molecule has 11 heavy (non-hydrogen) atoms. The van der Waals surface area contributed by atoms with E-state index in [0.29, 0.717) is 0 Å². The second kappa shape index (κ2) is 5.77. The van der Waals surface area contributed by atoms with Gasteiger partial charge in [-0.05, 0) is 20.3 Å². The van der Waals surface area contributed by atoms with Crippen LogP contribution in [0.1, 0.15) is 27.2 Å². The highest BCUT2D eigenvalue weighted by molar-refractivity contribution is 5.84. The Morgan fingerprint density at radius 3 is 2.55 bits per heavy atom. The number of nitroso groups, excluding NO2 is 1. The molecule has 0 rings (SSSR count).